The summed E-state index contributed by atoms with van der Waals surface area (Å²) >= 11 is 0. The van der Waals surface area contributed by atoms with Gasteiger partial charge in [-0.3, -0.25) is 14.4 Å². The van der Waals surface area contributed by atoms with Crippen LogP contribution in [-0.4, -0.2) is 64.7 Å². The molecule has 10 heteroatoms. The van der Waals surface area contributed by atoms with Crippen molar-refractivity contribution in [3.63, 3.8) is 0 Å². The van der Waals surface area contributed by atoms with Crippen LogP contribution in [0.3, 0.4) is 0 Å². The number of nitrogens with two attached hydrogens (primary N) is 1. The molecule has 0 saturated heterocycles. The first-order valence-corrected chi connectivity index (χ1v) is 9.87. The van der Waals surface area contributed by atoms with Crippen LogP contribution in [0.2, 0.25) is 0 Å². The maximum Gasteiger partial charge on any atom is 0.326 e. The molecule has 29 heavy (non-hydrogen) atoms. The Morgan fingerprint density at radius 2 is 1.21 bits per heavy atom. The Hall–Kier alpha value is -2.20. The lowest BCUT2D eigenvalue weighted by atomic mass is 9.95. The number of carbonyl (C=O) groups excluding carboxylic acids is 3. The van der Waals surface area contributed by atoms with Crippen LogP contribution in [0.1, 0.15) is 48.0 Å². The number of hydrogen-bond donors (Lipinski definition) is 6. The molecule has 168 valence electrons. The summed E-state index contributed by atoms with van der Waals surface area (Å²) in [6.45, 7) is 9.81. The van der Waals surface area contributed by atoms with Crippen LogP contribution in [-0.2, 0) is 19.2 Å². The molecule has 0 aromatic rings. The van der Waals surface area contributed by atoms with E-state index in [1.807, 2.05) is 6.92 Å². The molecule has 5 unspecified atom stereocenters. The van der Waals surface area contributed by atoms with Crippen molar-refractivity contribution in [2.75, 3.05) is 6.61 Å². The Morgan fingerprint density at radius 1 is 0.793 bits per heavy atom. The van der Waals surface area contributed by atoms with Gasteiger partial charge in [-0.2, -0.15) is 0 Å². The summed E-state index contributed by atoms with van der Waals surface area (Å²) < 4.78 is 0. The van der Waals surface area contributed by atoms with Gasteiger partial charge >= 0.3 is 5.97 Å². The zero-order chi connectivity index (χ0) is 22.9. The zero-order valence-electron chi connectivity index (χ0n) is 18.1. The van der Waals surface area contributed by atoms with Crippen molar-refractivity contribution < 1.29 is 29.4 Å². The first-order valence-electron chi connectivity index (χ1n) is 9.87. The maximum absolute atomic E-state index is 12.8. The number of rotatable bonds is 12. The SMILES string of the molecule is CCC(C)C(NC(=O)C(N)CO)C(=O)NC(C(=O)NC(C(=O)O)C(C)C)C(C)C. The van der Waals surface area contributed by atoms with E-state index in [1.54, 1.807) is 34.6 Å². The minimum absolute atomic E-state index is 0.261. The predicted molar refractivity (Wildman–Crippen MR) is 108 cm³/mol. The first-order chi connectivity index (χ1) is 13.4. The minimum Gasteiger partial charge on any atom is -0.480 e. The van der Waals surface area contributed by atoms with Gasteiger partial charge in [0, 0.05) is 0 Å². The Kier molecular flexibility index (Phi) is 11.4. The lowest BCUT2D eigenvalue weighted by Crippen LogP contribution is -2.60. The molecule has 0 aliphatic rings. The normalized spacial score (nSPS) is 16.5. The van der Waals surface area contributed by atoms with E-state index in [-0.39, 0.29) is 17.8 Å². The van der Waals surface area contributed by atoms with Crippen LogP contribution in [0.5, 0.6) is 0 Å². The number of carbonyl (C=O) groups is 4. The van der Waals surface area contributed by atoms with Crippen LogP contribution < -0.4 is 21.7 Å². The van der Waals surface area contributed by atoms with E-state index in [4.69, 9.17) is 10.8 Å². The molecular formula is C19H36N4O6. The average molecular weight is 417 g/mol. The summed E-state index contributed by atoms with van der Waals surface area (Å²) in [6, 6.07) is -4.20. The number of nitrogens with one attached hydrogen (secondary N) is 3. The zero-order valence-corrected chi connectivity index (χ0v) is 18.1. The molecule has 0 saturated carbocycles. The van der Waals surface area contributed by atoms with Gasteiger partial charge in [-0.05, 0) is 17.8 Å². The number of carboxylic acid groups (broad SMARTS) is 1. The second-order valence-corrected chi connectivity index (χ2v) is 7.96. The highest BCUT2D eigenvalue weighted by molar-refractivity contribution is 5.94. The second kappa shape index (κ2) is 12.4. The third kappa shape index (κ3) is 8.36. The summed E-state index contributed by atoms with van der Waals surface area (Å²) in [5, 5.41) is 25.9. The van der Waals surface area contributed by atoms with Gasteiger partial charge in [-0.1, -0.05) is 48.0 Å². The van der Waals surface area contributed by atoms with Gasteiger partial charge in [0.15, 0.2) is 0 Å². The van der Waals surface area contributed by atoms with Gasteiger partial charge < -0.3 is 31.9 Å². The highest BCUT2D eigenvalue weighted by atomic mass is 16.4. The molecule has 0 fully saturated rings. The first kappa shape index (κ1) is 26.8. The fourth-order valence-electron chi connectivity index (χ4n) is 2.58. The van der Waals surface area contributed by atoms with Gasteiger partial charge in [-0.25, -0.2) is 4.79 Å². The molecule has 0 heterocycles. The van der Waals surface area contributed by atoms with Gasteiger partial charge in [0.2, 0.25) is 17.7 Å². The van der Waals surface area contributed by atoms with Crippen molar-refractivity contribution in [2.24, 2.45) is 23.5 Å². The number of aliphatic hydroxyl groups excluding tert-OH is 1. The molecule has 0 spiro atoms. The standard InChI is InChI=1S/C19H36N4O6/c1-7-11(6)15(23-16(25)12(20)8-24)18(27)21-13(9(2)3)17(26)22-14(10(4)5)19(28)29/h9-15,24H,7-8,20H2,1-6H3,(H,21,27)(H,22,26)(H,23,25)(H,28,29). The summed E-state index contributed by atoms with van der Waals surface area (Å²) in [5.41, 5.74) is 5.50. The van der Waals surface area contributed by atoms with Crippen LogP contribution in [0.15, 0.2) is 0 Å². The number of amides is 3. The monoisotopic (exact) mass is 416 g/mol. The largest absolute Gasteiger partial charge is 0.480 e. The third-order valence-corrected chi connectivity index (χ3v) is 4.80. The van der Waals surface area contributed by atoms with Crippen molar-refractivity contribution in [3.05, 3.63) is 0 Å². The van der Waals surface area contributed by atoms with Crippen molar-refractivity contribution in [1.82, 2.24) is 16.0 Å². The fourth-order valence-corrected chi connectivity index (χ4v) is 2.58. The number of aliphatic carboxylic acids is 1. The van der Waals surface area contributed by atoms with Crippen molar-refractivity contribution >= 4 is 23.7 Å². The van der Waals surface area contributed by atoms with E-state index in [0.717, 1.165) is 0 Å². The third-order valence-electron chi connectivity index (χ3n) is 4.80. The Balaban J connectivity index is 5.44. The van der Waals surface area contributed by atoms with Gasteiger partial charge in [-0.15, -0.1) is 0 Å². The van der Waals surface area contributed by atoms with E-state index in [2.05, 4.69) is 16.0 Å². The molecule has 10 nitrogen and oxygen atoms in total. The van der Waals surface area contributed by atoms with E-state index in [1.165, 1.54) is 0 Å². The average Bonchev–Trinajstić information content (AvgIpc) is 2.65. The van der Waals surface area contributed by atoms with Gasteiger partial charge in [0.1, 0.15) is 24.2 Å². The fraction of sp³-hybridized carbons (Fsp3) is 0.789. The minimum atomic E-state index is -1.17. The van der Waals surface area contributed by atoms with Crippen LogP contribution in [0, 0.1) is 17.8 Å². The van der Waals surface area contributed by atoms with Crippen LogP contribution in [0.4, 0.5) is 0 Å². The van der Waals surface area contributed by atoms with Crippen LogP contribution >= 0.6 is 0 Å². The molecule has 0 aromatic heterocycles. The Morgan fingerprint density at radius 3 is 1.59 bits per heavy atom. The molecule has 0 bridgehead atoms. The number of aliphatic hydroxyl groups is 1. The summed E-state index contributed by atoms with van der Waals surface area (Å²) in [4.78, 5) is 48.9. The van der Waals surface area contributed by atoms with Crippen molar-refractivity contribution in [1.29, 1.82) is 0 Å². The lowest BCUT2D eigenvalue weighted by Gasteiger charge is -2.29. The molecule has 0 aromatic carbocycles. The van der Waals surface area contributed by atoms with Crippen LogP contribution in [0.25, 0.3) is 0 Å². The highest BCUT2D eigenvalue weighted by Crippen LogP contribution is 2.11. The molecule has 0 aliphatic carbocycles. The highest BCUT2D eigenvalue weighted by Gasteiger charge is 2.34. The van der Waals surface area contributed by atoms with Crippen molar-refractivity contribution in [3.8, 4) is 0 Å². The smallest absolute Gasteiger partial charge is 0.326 e. The molecule has 3 amide bonds. The van der Waals surface area contributed by atoms with Gasteiger partial charge in [0.25, 0.3) is 0 Å². The summed E-state index contributed by atoms with van der Waals surface area (Å²) in [5.74, 6) is -3.96. The number of carboxylic acids is 1. The molecule has 0 radical (unpaired) electrons. The molecule has 5 atom stereocenters. The van der Waals surface area contributed by atoms with E-state index in [9.17, 15) is 24.3 Å². The van der Waals surface area contributed by atoms with E-state index < -0.39 is 54.5 Å². The molecule has 7 N–H and O–H groups in total. The van der Waals surface area contributed by atoms with Gasteiger partial charge in [0.05, 0.1) is 6.61 Å². The quantitative estimate of drug-likeness (QED) is 0.242. The molecule has 0 rings (SSSR count). The van der Waals surface area contributed by atoms with E-state index in [0.29, 0.717) is 6.42 Å². The topological polar surface area (TPSA) is 171 Å². The summed E-state index contributed by atoms with van der Waals surface area (Å²) in [7, 11) is 0. The predicted octanol–water partition coefficient (Wildman–Crippen LogP) is -0.797. The molecule has 0 aliphatic heterocycles. The Bertz CT molecular complexity index is 581. The molecular weight excluding hydrogens is 380 g/mol. The number of hydrogen-bond acceptors (Lipinski definition) is 6. The second-order valence-electron chi connectivity index (χ2n) is 7.96. The Labute approximate surface area is 172 Å². The maximum atomic E-state index is 12.8. The summed E-state index contributed by atoms with van der Waals surface area (Å²) in [6.07, 6.45) is 0.569. The van der Waals surface area contributed by atoms with Crippen molar-refractivity contribution in [2.45, 2.75) is 72.1 Å². The van der Waals surface area contributed by atoms with E-state index >= 15 is 0 Å². The lowest BCUT2D eigenvalue weighted by molar-refractivity contribution is -0.144.